The first-order chi connectivity index (χ1) is 10.1. The lowest BCUT2D eigenvalue weighted by atomic mass is 10.0. The Morgan fingerprint density at radius 2 is 2.14 bits per heavy atom. The number of halogens is 1. The number of aromatic nitrogens is 2. The molecule has 21 heavy (non-hydrogen) atoms. The van der Waals surface area contributed by atoms with E-state index >= 15 is 0 Å². The van der Waals surface area contributed by atoms with Gasteiger partial charge in [-0.1, -0.05) is 11.6 Å². The second kappa shape index (κ2) is 5.67. The van der Waals surface area contributed by atoms with Gasteiger partial charge >= 0.3 is 5.97 Å². The van der Waals surface area contributed by atoms with E-state index in [4.69, 9.17) is 11.6 Å². The summed E-state index contributed by atoms with van der Waals surface area (Å²) in [5.74, 6) is -0.952. The van der Waals surface area contributed by atoms with Crippen molar-refractivity contribution in [1.82, 2.24) is 9.97 Å². The first-order valence-electron chi connectivity index (χ1n) is 6.09. The Balaban J connectivity index is 1.96. The van der Waals surface area contributed by atoms with Crippen LogP contribution in [0.25, 0.3) is 10.8 Å². The highest BCUT2D eigenvalue weighted by molar-refractivity contribution is 7.15. The molecule has 0 aliphatic heterocycles. The molecule has 0 unspecified atom stereocenters. The normalized spacial score (nSPS) is 10.7. The highest BCUT2D eigenvalue weighted by Gasteiger charge is 2.11. The van der Waals surface area contributed by atoms with E-state index in [9.17, 15) is 9.90 Å². The zero-order valence-electron chi connectivity index (χ0n) is 10.7. The zero-order valence-corrected chi connectivity index (χ0v) is 12.3. The number of carboxylic acids is 1. The van der Waals surface area contributed by atoms with Gasteiger partial charge in [0, 0.05) is 39.9 Å². The molecule has 0 aliphatic rings. The smallest absolute Gasteiger partial charge is 0.336 e. The molecule has 3 rings (SSSR count). The van der Waals surface area contributed by atoms with E-state index < -0.39 is 5.97 Å². The Bertz CT molecular complexity index is 819. The van der Waals surface area contributed by atoms with Gasteiger partial charge in [0.1, 0.15) is 0 Å². The number of benzene rings is 1. The lowest BCUT2D eigenvalue weighted by Gasteiger charge is -2.10. The van der Waals surface area contributed by atoms with Crippen LogP contribution in [0, 0.1) is 0 Å². The molecule has 0 fully saturated rings. The molecule has 2 N–H and O–H groups in total. The van der Waals surface area contributed by atoms with Gasteiger partial charge in [-0.2, -0.15) is 0 Å². The second-order valence-electron chi connectivity index (χ2n) is 4.32. The molecule has 3 aromatic rings. The Morgan fingerprint density at radius 1 is 1.29 bits per heavy atom. The molecule has 0 spiro atoms. The van der Waals surface area contributed by atoms with E-state index in [1.54, 1.807) is 36.8 Å². The van der Waals surface area contributed by atoms with E-state index in [-0.39, 0.29) is 5.56 Å². The van der Waals surface area contributed by atoms with Gasteiger partial charge in [-0.25, -0.2) is 9.78 Å². The molecule has 5 nitrogen and oxygen atoms in total. The number of anilines is 1. The number of carbonyl (C=O) groups is 1. The summed E-state index contributed by atoms with van der Waals surface area (Å²) in [6, 6.07) is 5.04. The number of thiazole rings is 1. The fraction of sp³-hybridized carbons (Fsp3) is 0.0714. The van der Waals surface area contributed by atoms with Crippen LogP contribution in [-0.4, -0.2) is 21.0 Å². The lowest BCUT2D eigenvalue weighted by Crippen LogP contribution is -2.02. The maximum Gasteiger partial charge on any atom is 0.336 e. The van der Waals surface area contributed by atoms with Gasteiger partial charge in [0.25, 0.3) is 0 Å². The molecule has 7 heteroatoms. The fourth-order valence-electron chi connectivity index (χ4n) is 2.08. The molecule has 0 bridgehead atoms. The molecule has 2 heterocycles. The molecule has 0 aliphatic carbocycles. The summed E-state index contributed by atoms with van der Waals surface area (Å²) in [5.41, 5.74) is 1.09. The summed E-state index contributed by atoms with van der Waals surface area (Å²) in [5, 5.41) is 13.9. The number of hydrogen-bond donors (Lipinski definition) is 2. The molecule has 0 amide bonds. The van der Waals surface area contributed by atoms with Gasteiger partial charge in [-0.15, -0.1) is 11.3 Å². The average molecular weight is 320 g/mol. The van der Waals surface area contributed by atoms with Crippen LogP contribution in [0.1, 0.15) is 15.2 Å². The van der Waals surface area contributed by atoms with E-state index in [0.717, 1.165) is 16.0 Å². The number of aromatic carboxylic acids is 1. The monoisotopic (exact) mass is 319 g/mol. The van der Waals surface area contributed by atoms with E-state index in [0.29, 0.717) is 16.4 Å². The molecule has 106 valence electrons. The average Bonchev–Trinajstić information content (AvgIpc) is 2.90. The maximum atomic E-state index is 11.2. The SMILES string of the molecule is O=C(O)c1ccc(NCc2cnc(Cl)s2)c2cnccc12. The van der Waals surface area contributed by atoms with Crippen LogP contribution in [0.4, 0.5) is 5.69 Å². The molecule has 0 saturated carbocycles. The van der Waals surface area contributed by atoms with Crippen LogP contribution in [0.3, 0.4) is 0 Å². The third-order valence-corrected chi connectivity index (χ3v) is 4.14. The Kier molecular flexibility index (Phi) is 3.72. The third kappa shape index (κ3) is 2.81. The van der Waals surface area contributed by atoms with Gasteiger partial charge in [-0.05, 0) is 18.2 Å². The van der Waals surface area contributed by atoms with Gasteiger partial charge in [0.15, 0.2) is 4.47 Å². The first-order valence-corrected chi connectivity index (χ1v) is 7.28. The molecule has 0 radical (unpaired) electrons. The second-order valence-corrected chi connectivity index (χ2v) is 6.02. The minimum Gasteiger partial charge on any atom is -0.478 e. The van der Waals surface area contributed by atoms with Gasteiger partial charge in [0.2, 0.25) is 0 Å². The number of hydrogen-bond acceptors (Lipinski definition) is 5. The lowest BCUT2D eigenvalue weighted by molar-refractivity contribution is 0.0699. The Morgan fingerprint density at radius 3 is 2.86 bits per heavy atom. The zero-order chi connectivity index (χ0) is 14.8. The van der Waals surface area contributed by atoms with Crippen molar-refractivity contribution in [1.29, 1.82) is 0 Å². The van der Waals surface area contributed by atoms with E-state index in [1.165, 1.54) is 11.3 Å². The van der Waals surface area contributed by atoms with Gasteiger partial charge in [0.05, 0.1) is 12.1 Å². The molecule has 0 atom stereocenters. The van der Waals surface area contributed by atoms with E-state index in [1.807, 2.05) is 0 Å². The highest BCUT2D eigenvalue weighted by Crippen LogP contribution is 2.27. The van der Waals surface area contributed by atoms with Crippen molar-refractivity contribution in [3.05, 3.63) is 51.7 Å². The fourth-order valence-corrected chi connectivity index (χ4v) is 3.00. The van der Waals surface area contributed by atoms with Crippen molar-refractivity contribution < 1.29 is 9.90 Å². The predicted molar refractivity (Wildman–Crippen MR) is 83.2 cm³/mol. The maximum absolute atomic E-state index is 11.2. The molecule has 1 aromatic carbocycles. The predicted octanol–water partition coefficient (Wildman–Crippen LogP) is 3.66. The molecule has 2 aromatic heterocycles. The number of nitrogens with zero attached hydrogens (tertiary/aromatic N) is 2. The number of carboxylic acid groups (broad SMARTS) is 1. The van der Waals surface area contributed by atoms with Crippen LogP contribution in [-0.2, 0) is 6.54 Å². The topological polar surface area (TPSA) is 75.1 Å². The quantitative estimate of drug-likeness (QED) is 0.767. The van der Waals surface area contributed by atoms with Crippen LogP contribution >= 0.6 is 22.9 Å². The van der Waals surface area contributed by atoms with Crippen LogP contribution in [0.2, 0.25) is 4.47 Å². The van der Waals surface area contributed by atoms with Crippen molar-refractivity contribution in [3.8, 4) is 0 Å². The number of nitrogens with one attached hydrogen (secondary N) is 1. The minimum absolute atomic E-state index is 0.263. The van der Waals surface area contributed by atoms with Crippen LogP contribution in [0.5, 0.6) is 0 Å². The summed E-state index contributed by atoms with van der Waals surface area (Å²) >= 11 is 7.20. The summed E-state index contributed by atoms with van der Waals surface area (Å²) < 4.78 is 0.500. The summed E-state index contributed by atoms with van der Waals surface area (Å²) in [6.07, 6.45) is 4.96. The summed E-state index contributed by atoms with van der Waals surface area (Å²) in [6.45, 7) is 0.570. The standard InChI is InChI=1S/C14H10ClN3O2S/c15-14-18-6-8(21-14)5-17-12-2-1-10(13(19)20)9-3-4-16-7-11(9)12/h1-4,6-7,17H,5H2,(H,19,20). The molecular formula is C14H10ClN3O2S. The number of fused-ring (bicyclic) bond motifs is 1. The molecule has 0 saturated heterocycles. The van der Waals surface area contributed by atoms with Crippen LogP contribution < -0.4 is 5.32 Å². The van der Waals surface area contributed by atoms with Gasteiger partial charge < -0.3 is 10.4 Å². The van der Waals surface area contributed by atoms with Gasteiger partial charge in [-0.3, -0.25) is 4.98 Å². The number of rotatable bonds is 4. The summed E-state index contributed by atoms with van der Waals surface area (Å²) in [7, 11) is 0. The Hall–Kier alpha value is -2.18. The highest BCUT2D eigenvalue weighted by atomic mass is 35.5. The van der Waals surface area contributed by atoms with Crippen molar-refractivity contribution in [2.75, 3.05) is 5.32 Å². The Labute approximate surface area is 129 Å². The number of pyridine rings is 1. The third-order valence-electron chi connectivity index (χ3n) is 3.03. The van der Waals surface area contributed by atoms with Crippen molar-refractivity contribution in [2.45, 2.75) is 6.54 Å². The summed E-state index contributed by atoms with van der Waals surface area (Å²) in [4.78, 5) is 20.3. The largest absolute Gasteiger partial charge is 0.478 e. The van der Waals surface area contributed by atoms with Crippen molar-refractivity contribution in [2.24, 2.45) is 0 Å². The molecular weight excluding hydrogens is 310 g/mol. The van der Waals surface area contributed by atoms with Crippen molar-refractivity contribution >= 4 is 45.4 Å². The first kappa shape index (κ1) is 13.8. The minimum atomic E-state index is -0.952. The van der Waals surface area contributed by atoms with Crippen molar-refractivity contribution in [3.63, 3.8) is 0 Å². The van der Waals surface area contributed by atoms with Crippen LogP contribution in [0.15, 0.2) is 36.8 Å². The van der Waals surface area contributed by atoms with E-state index in [2.05, 4.69) is 15.3 Å².